The highest BCUT2D eigenvalue weighted by molar-refractivity contribution is 6.35. The normalized spacial score (nSPS) is 12.5. The molecule has 2 rings (SSSR count). The van der Waals surface area contributed by atoms with Crippen LogP contribution < -0.4 is 0 Å². The quantitative estimate of drug-likeness (QED) is 0.870. The van der Waals surface area contributed by atoms with Gasteiger partial charge in [0.2, 0.25) is 0 Å². The van der Waals surface area contributed by atoms with E-state index in [0.29, 0.717) is 22.7 Å². The Morgan fingerprint density at radius 3 is 2.15 bits per heavy atom. The molecule has 0 saturated carbocycles. The van der Waals surface area contributed by atoms with Crippen molar-refractivity contribution < 1.29 is 18.3 Å². The monoisotopic (exact) mass is 320 g/mol. The molecule has 0 fully saturated rings. The van der Waals surface area contributed by atoms with Gasteiger partial charge in [0.25, 0.3) is 0 Å². The highest BCUT2D eigenvalue weighted by Gasteiger charge is 2.20. The van der Waals surface area contributed by atoms with E-state index in [4.69, 9.17) is 23.2 Å². The van der Waals surface area contributed by atoms with Crippen molar-refractivity contribution in [2.24, 2.45) is 0 Å². The summed E-state index contributed by atoms with van der Waals surface area (Å²) in [5.74, 6) is -3.32. The molecule has 0 radical (unpaired) electrons. The van der Waals surface area contributed by atoms with Crippen molar-refractivity contribution in [3.63, 3.8) is 0 Å². The first-order valence-electron chi connectivity index (χ1n) is 5.65. The van der Waals surface area contributed by atoms with Gasteiger partial charge in [-0.3, -0.25) is 0 Å². The van der Waals surface area contributed by atoms with Crippen molar-refractivity contribution in [2.45, 2.75) is 12.5 Å². The molecule has 0 aliphatic carbocycles. The molecule has 0 aliphatic rings. The van der Waals surface area contributed by atoms with Gasteiger partial charge in [0.05, 0.1) is 11.7 Å². The number of aliphatic hydroxyl groups excluding tert-OH is 1. The van der Waals surface area contributed by atoms with E-state index in [2.05, 4.69) is 0 Å². The minimum absolute atomic E-state index is 0.116. The van der Waals surface area contributed by atoms with Crippen LogP contribution in [0.4, 0.5) is 13.2 Å². The summed E-state index contributed by atoms with van der Waals surface area (Å²) in [6.07, 6.45) is -1.59. The average molecular weight is 321 g/mol. The number of hydrogen-bond donors (Lipinski definition) is 1. The summed E-state index contributed by atoms with van der Waals surface area (Å²) in [4.78, 5) is 0. The molecule has 0 spiro atoms. The van der Waals surface area contributed by atoms with Crippen LogP contribution in [0.3, 0.4) is 0 Å². The standard InChI is InChI=1S/C14H9Cl2F3O/c15-8-2-1-7(10(16)4-8)3-13(20)14-11(18)5-9(17)6-12(14)19/h1-2,4-6,13,20H,3H2. The fourth-order valence-corrected chi connectivity index (χ4v) is 2.35. The summed E-state index contributed by atoms with van der Waals surface area (Å²) >= 11 is 11.7. The van der Waals surface area contributed by atoms with Crippen molar-refractivity contribution in [1.29, 1.82) is 0 Å². The summed E-state index contributed by atoms with van der Waals surface area (Å²) in [6.45, 7) is 0. The lowest BCUT2D eigenvalue weighted by Crippen LogP contribution is -2.08. The Balaban J connectivity index is 2.31. The topological polar surface area (TPSA) is 20.2 Å². The highest BCUT2D eigenvalue weighted by Crippen LogP contribution is 2.29. The summed E-state index contributed by atoms with van der Waals surface area (Å²) < 4.78 is 39.9. The van der Waals surface area contributed by atoms with E-state index in [9.17, 15) is 18.3 Å². The molecular weight excluding hydrogens is 312 g/mol. The molecule has 0 aromatic heterocycles. The number of aliphatic hydroxyl groups is 1. The molecule has 0 amide bonds. The van der Waals surface area contributed by atoms with E-state index >= 15 is 0 Å². The maximum Gasteiger partial charge on any atom is 0.134 e. The molecule has 20 heavy (non-hydrogen) atoms. The van der Waals surface area contributed by atoms with E-state index in [0.717, 1.165) is 0 Å². The Morgan fingerprint density at radius 1 is 1.00 bits per heavy atom. The van der Waals surface area contributed by atoms with Crippen LogP contribution in [0, 0.1) is 17.5 Å². The molecule has 0 aliphatic heterocycles. The summed E-state index contributed by atoms with van der Waals surface area (Å²) in [6, 6.07) is 5.60. The summed E-state index contributed by atoms with van der Waals surface area (Å²) in [7, 11) is 0. The predicted octanol–water partition coefficient (Wildman–Crippen LogP) is 4.69. The fourth-order valence-electron chi connectivity index (χ4n) is 1.87. The van der Waals surface area contributed by atoms with Crippen LogP contribution in [0.2, 0.25) is 10.0 Å². The Labute approximate surface area is 123 Å². The van der Waals surface area contributed by atoms with Gasteiger partial charge in [-0.2, -0.15) is 0 Å². The van der Waals surface area contributed by atoms with Crippen molar-refractivity contribution in [2.75, 3.05) is 0 Å². The zero-order valence-corrected chi connectivity index (χ0v) is 11.5. The van der Waals surface area contributed by atoms with Crippen LogP contribution in [0.1, 0.15) is 17.2 Å². The molecule has 1 unspecified atom stereocenters. The highest BCUT2D eigenvalue weighted by atomic mass is 35.5. The van der Waals surface area contributed by atoms with Crippen molar-refractivity contribution >= 4 is 23.2 Å². The van der Waals surface area contributed by atoms with Crippen LogP contribution in [-0.4, -0.2) is 5.11 Å². The first kappa shape index (κ1) is 15.2. The third kappa shape index (κ3) is 3.26. The van der Waals surface area contributed by atoms with Gasteiger partial charge in [-0.1, -0.05) is 29.3 Å². The van der Waals surface area contributed by atoms with Gasteiger partial charge in [-0.15, -0.1) is 0 Å². The van der Waals surface area contributed by atoms with Crippen LogP contribution in [0.15, 0.2) is 30.3 Å². The zero-order chi connectivity index (χ0) is 14.9. The lowest BCUT2D eigenvalue weighted by Gasteiger charge is -2.14. The maximum atomic E-state index is 13.5. The van der Waals surface area contributed by atoms with Crippen molar-refractivity contribution in [3.8, 4) is 0 Å². The molecule has 0 heterocycles. The molecule has 2 aromatic rings. The molecular formula is C14H9Cl2F3O. The summed E-state index contributed by atoms with van der Waals surface area (Å²) in [5, 5.41) is 10.6. The lowest BCUT2D eigenvalue weighted by atomic mass is 10.0. The van der Waals surface area contributed by atoms with Crippen LogP contribution in [0.25, 0.3) is 0 Å². The Bertz CT molecular complexity index is 623. The molecule has 6 heteroatoms. The zero-order valence-electron chi connectivity index (χ0n) is 10.0. The number of rotatable bonds is 3. The van der Waals surface area contributed by atoms with Gasteiger partial charge in [-0.05, 0) is 17.7 Å². The molecule has 0 bridgehead atoms. The maximum absolute atomic E-state index is 13.5. The van der Waals surface area contributed by atoms with Gasteiger partial charge < -0.3 is 5.11 Å². The number of benzene rings is 2. The van der Waals surface area contributed by atoms with Gasteiger partial charge in [0, 0.05) is 28.6 Å². The molecule has 1 atom stereocenters. The molecule has 0 saturated heterocycles. The second kappa shape index (κ2) is 6.04. The predicted molar refractivity (Wildman–Crippen MR) is 71.4 cm³/mol. The Kier molecular flexibility index (Phi) is 4.58. The third-order valence-electron chi connectivity index (χ3n) is 2.81. The molecule has 2 aromatic carbocycles. The minimum Gasteiger partial charge on any atom is -0.388 e. The van der Waals surface area contributed by atoms with E-state index in [1.165, 1.54) is 6.07 Å². The van der Waals surface area contributed by atoms with E-state index in [-0.39, 0.29) is 11.4 Å². The summed E-state index contributed by atoms with van der Waals surface area (Å²) in [5.41, 5.74) is -0.107. The van der Waals surface area contributed by atoms with Crippen LogP contribution >= 0.6 is 23.2 Å². The lowest BCUT2D eigenvalue weighted by molar-refractivity contribution is 0.168. The van der Waals surface area contributed by atoms with E-state index in [1.54, 1.807) is 12.1 Å². The first-order chi connectivity index (χ1) is 9.38. The van der Waals surface area contributed by atoms with E-state index in [1.807, 2.05) is 0 Å². The van der Waals surface area contributed by atoms with Gasteiger partial charge in [0.15, 0.2) is 0 Å². The smallest absolute Gasteiger partial charge is 0.134 e. The largest absolute Gasteiger partial charge is 0.388 e. The van der Waals surface area contributed by atoms with Gasteiger partial charge in [0.1, 0.15) is 17.5 Å². The Hall–Kier alpha value is -1.23. The SMILES string of the molecule is OC(Cc1ccc(Cl)cc1Cl)c1c(F)cc(F)cc1F. The second-order valence-corrected chi connectivity index (χ2v) is 5.08. The van der Waals surface area contributed by atoms with Crippen LogP contribution in [-0.2, 0) is 6.42 Å². The first-order valence-corrected chi connectivity index (χ1v) is 6.40. The molecule has 1 N–H and O–H groups in total. The van der Waals surface area contributed by atoms with Gasteiger partial charge in [-0.25, -0.2) is 13.2 Å². The molecule has 106 valence electrons. The van der Waals surface area contributed by atoms with Crippen molar-refractivity contribution in [1.82, 2.24) is 0 Å². The molecule has 1 nitrogen and oxygen atoms in total. The van der Waals surface area contributed by atoms with Crippen molar-refractivity contribution in [3.05, 3.63) is 69.0 Å². The second-order valence-electron chi connectivity index (χ2n) is 4.24. The van der Waals surface area contributed by atoms with Gasteiger partial charge >= 0.3 is 0 Å². The number of halogens is 5. The Morgan fingerprint density at radius 2 is 1.60 bits per heavy atom. The number of hydrogen-bond acceptors (Lipinski definition) is 1. The third-order valence-corrected chi connectivity index (χ3v) is 3.39. The minimum atomic E-state index is -1.48. The van der Waals surface area contributed by atoms with E-state index < -0.39 is 29.1 Å². The fraction of sp³-hybridized carbons (Fsp3) is 0.143. The average Bonchev–Trinajstić information content (AvgIpc) is 2.31. The van der Waals surface area contributed by atoms with Crippen LogP contribution in [0.5, 0.6) is 0 Å².